The Bertz CT molecular complexity index is 1340. The molecule has 1 N–H and O–H groups in total. The zero-order valence-electron chi connectivity index (χ0n) is 19.3. The molecule has 0 radical (unpaired) electrons. The molecule has 3 heterocycles. The second-order valence-corrected chi connectivity index (χ2v) is 9.68. The SMILES string of the molecule is CCCc1ccc(-c2nn(-c3ccccc3C)c3c2C(C)Cc2nc(NC(C)=O)sc2-3)cn1. The fraction of sp³-hybridized carbons (Fsp3) is 0.308. The first-order chi connectivity index (χ1) is 16.0. The van der Waals surface area contributed by atoms with E-state index in [0.29, 0.717) is 5.13 Å². The summed E-state index contributed by atoms with van der Waals surface area (Å²) < 4.78 is 2.06. The van der Waals surface area contributed by atoms with E-state index >= 15 is 0 Å². The maximum Gasteiger partial charge on any atom is 0.223 e. The molecule has 7 heteroatoms. The van der Waals surface area contributed by atoms with Gasteiger partial charge in [0.1, 0.15) is 0 Å². The van der Waals surface area contributed by atoms with Crippen molar-refractivity contribution in [3.05, 3.63) is 65.1 Å². The normalized spacial score (nSPS) is 14.6. The molecular weight excluding hydrogens is 430 g/mol. The molecule has 4 aromatic rings. The van der Waals surface area contributed by atoms with Crippen molar-refractivity contribution in [2.45, 2.75) is 52.9 Å². The van der Waals surface area contributed by atoms with Crippen molar-refractivity contribution < 1.29 is 4.79 Å². The van der Waals surface area contributed by atoms with Crippen molar-refractivity contribution in [1.82, 2.24) is 19.7 Å². The molecule has 168 valence electrons. The third-order valence-corrected chi connectivity index (χ3v) is 7.08. The summed E-state index contributed by atoms with van der Waals surface area (Å²) in [5, 5.41) is 8.66. The summed E-state index contributed by atoms with van der Waals surface area (Å²) in [5.41, 5.74) is 8.60. The van der Waals surface area contributed by atoms with Crippen LogP contribution in [-0.2, 0) is 17.6 Å². The minimum absolute atomic E-state index is 0.110. The van der Waals surface area contributed by atoms with Crippen LogP contribution in [0.15, 0.2) is 42.6 Å². The van der Waals surface area contributed by atoms with Crippen molar-refractivity contribution in [1.29, 1.82) is 0 Å². The third-order valence-electron chi connectivity index (χ3n) is 6.06. The third kappa shape index (κ3) is 3.86. The number of aromatic nitrogens is 4. The number of rotatable bonds is 5. The van der Waals surface area contributed by atoms with Crippen LogP contribution in [0.1, 0.15) is 55.6 Å². The standard InChI is InChI=1S/C26H27N5OS/c1-5-8-19-12-11-18(14-27-19)23-22-16(3)13-20-25(33-26(29-20)28-17(4)32)24(22)31(30-23)21-10-7-6-9-15(21)2/h6-7,9-12,14,16H,5,8,13H2,1-4H3,(H,28,29,32). The van der Waals surface area contributed by atoms with Crippen LogP contribution < -0.4 is 5.32 Å². The highest BCUT2D eigenvalue weighted by molar-refractivity contribution is 7.19. The average molecular weight is 458 g/mol. The molecule has 0 fully saturated rings. The van der Waals surface area contributed by atoms with Crippen molar-refractivity contribution in [3.63, 3.8) is 0 Å². The zero-order chi connectivity index (χ0) is 23.1. The highest BCUT2D eigenvalue weighted by atomic mass is 32.1. The van der Waals surface area contributed by atoms with Gasteiger partial charge in [-0.25, -0.2) is 9.67 Å². The monoisotopic (exact) mass is 457 g/mol. The van der Waals surface area contributed by atoms with E-state index < -0.39 is 0 Å². The number of amides is 1. The lowest BCUT2D eigenvalue weighted by atomic mass is 9.86. The molecule has 0 aliphatic heterocycles. The van der Waals surface area contributed by atoms with Crippen LogP contribution in [0.3, 0.4) is 0 Å². The Balaban J connectivity index is 1.74. The van der Waals surface area contributed by atoms with E-state index in [1.54, 1.807) is 0 Å². The number of carbonyl (C=O) groups is 1. The van der Waals surface area contributed by atoms with Gasteiger partial charge >= 0.3 is 0 Å². The number of hydrogen-bond donors (Lipinski definition) is 1. The highest BCUT2D eigenvalue weighted by Crippen LogP contribution is 2.48. The number of fused-ring (bicyclic) bond motifs is 3. The Hall–Kier alpha value is -3.32. The molecule has 1 aromatic carbocycles. The van der Waals surface area contributed by atoms with Crippen LogP contribution >= 0.6 is 11.3 Å². The fourth-order valence-corrected chi connectivity index (χ4v) is 5.63. The van der Waals surface area contributed by atoms with Crippen molar-refractivity contribution >= 4 is 22.4 Å². The molecule has 1 aliphatic carbocycles. The fourth-order valence-electron chi connectivity index (χ4n) is 4.54. The minimum Gasteiger partial charge on any atom is -0.302 e. The maximum absolute atomic E-state index is 11.7. The first kappa shape index (κ1) is 21.5. The van der Waals surface area contributed by atoms with E-state index in [9.17, 15) is 4.79 Å². The van der Waals surface area contributed by atoms with Crippen LogP contribution in [0.5, 0.6) is 0 Å². The van der Waals surface area contributed by atoms with E-state index in [-0.39, 0.29) is 11.8 Å². The number of para-hydroxylation sites is 1. The molecule has 0 bridgehead atoms. The van der Waals surface area contributed by atoms with Gasteiger partial charge < -0.3 is 5.32 Å². The molecular formula is C26H27N5OS. The molecule has 1 unspecified atom stereocenters. The smallest absolute Gasteiger partial charge is 0.223 e. The minimum atomic E-state index is -0.110. The Labute approximate surface area is 197 Å². The molecule has 1 amide bonds. The van der Waals surface area contributed by atoms with Gasteiger partial charge in [0.15, 0.2) is 5.13 Å². The van der Waals surface area contributed by atoms with Gasteiger partial charge in [0.05, 0.1) is 27.6 Å². The number of nitrogens with zero attached hydrogens (tertiary/aromatic N) is 4. The van der Waals surface area contributed by atoms with E-state index in [1.807, 2.05) is 18.3 Å². The Morgan fingerprint density at radius 2 is 2.06 bits per heavy atom. The number of pyridine rings is 1. The topological polar surface area (TPSA) is 72.7 Å². The lowest BCUT2D eigenvalue weighted by molar-refractivity contribution is -0.114. The maximum atomic E-state index is 11.7. The number of aryl methyl sites for hydroxylation is 2. The van der Waals surface area contributed by atoms with Crippen LogP contribution in [0.25, 0.3) is 27.5 Å². The first-order valence-corrected chi connectivity index (χ1v) is 12.2. The van der Waals surface area contributed by atoms with Crippen molar-refractivity contribution in [3.8, 4) is 27.5 Å². The number of nitrogens with one attached hydrogen (secondary N) is 1. The second-order valence-electron chi connectivity index (χ2n) is 8.68. The van der Waals surface area contributed by atoms with E-state index in [2.05, 4.69) is 55.0 Å². The zero-order valence-corrected chi connectivity index (χ0v) is 20.2. The predicted molar refractivity (Wildman–Crippen MR) is 133 cm³/mol. The summed E-state index contributed by atoms with van der Waals surface area (Å²) in [6.07, 6.45) is 4.81. The van der Waals surface area contributed by atoms with Crippen LogP contribution in [0.2, 0.25) is 0 Å². The Morgan fingerprint density at radius 3 is 2.76 bits per heavy atom. The summed E-state index contributed by atoms with van der Waals surface area (Å²) in [6, 6.07) is 12.5. The van der Waals surface area contributed by atoms with Crippen LogP contribution in [-0.4, -0.2) is 25.7 Å². The van der Waals surface area contributed by atoms with Gasteiger partial charge in [0.2, 0.25) is 5.91 Å². The molecule has 0 saturated heterocycles. The summed E-state index contributed by atoms with van der Waals surface area (Å²) in [7, 11) is 0. The van der Waals surface area contributed by atoms with Gasteiger partial charge in [0.25, 0.3) is 0 Å². The van der Waals surface area contributed by atoms with E-state index in [0.717, 1.165) is 63.7 Å². The largest absolute Gasteiger partial charge is 0.302 e. The van der Waals surface area contributed by atoms with E-state index in [4.69, 9.17) is 15.1 Å². The summed E-state index contributed by atoms with van der Waals surface area (Å²) >= 11 is 1.52. The first-order valence-electron chi connectivity index (χ1n) is 11.4. The van der Waals surface area contributed by atoms with Gasteiger partial charge in [-0.15, -0.1) is 0 Å². The predicted octanol–water partition coefficient (Wildman–Crippen LogP) is 5.94. The number of thiazole rings is 1. The Morgan fingerprint density at radius 1 is 1.24 bits per heavy atom. The molecule has 0 saturated carbocycles. The van der Waals surface area contributed by atoms with Gasteiger partial charge in [-0.1, -0.05) is 49.8 Å². The Kier molecular flexibility index (Phi) is 5.58. The number of hydrogen-bond acceptors (Lipinski definition) is 5. The van der Waals surface area contributed by atoms with E-state index in [1.165, 1.54) is 23.8 Å². The molecule has 6 nitrogen and oxygen atoms in total. The van der Waals surface area contributed by atoms with Gasteiger partial charge in [-0.3, -0.25) is 9.78 Å². The van der Waals surface area contributed by atoms with Crippen LogP contribution in [0.4, 0.5) is 5.13 Å². The van der Waals surface area contributed by atoms with Gasteiger partial charge in [0, 0.05) is 29.9 Å². The molecule has 1 atom stereocenters. The highest BCUT2D eigenvalue weighted by Gasteiger charge is 2.34. The summed E-state index contributed by atoms with van der Waals surface area (Å²) in [5.74, 6) is 0.128. The summed E-state index contributed by atoms with van der Waals surface area (Å²) in [6.45, 7) is 8.01. The number of carbonyl (C=O) groups excluding carboxylic acids is 1. The second kappa shape index (κ2) is 8.56. The number of anilines is 1. The lowest BCUT2D eigenvalue weighted by Gasteiger charge is -2.20. The van der Waals surface area contributed by atoms with Gasteiger partial charge in [-0.05, 0) is 49.4 Å². The average Bonchev–Trinajstić information content (AvgIpc) is 3.36. The van der Waals surface area contributed by atoms with Gasteiger partial charge in [-0.2, -0.15) is 5.10 Å². The molecule has 5 rings (SSSR count). The van der Waals surface area contributed by atoms with Crippen molar-refractivity contribution in [2.24, 2.45) is 0 Å². The molecule has 0 spiro atoms. The quantitative estimate of drug-likeness (QED) is 0.403. The lowest BCUT2D eigenvalue weighted by Crippen LogP contribution is -2.10. The van der Waals surface area contributed by atoms with Crippen molar-refractivity contribution in [2.75, 3.05) is 5.32 Å². The number of benzene rings is 1. The summed E-state index contributed by atoms with van der Waals surface area (Å²) in [4.78, 5) is 22.2. The molecule has 1 aliphatic rings. The molecule has 3 aromatic heterocycles. The van der Waals surface area contributed by atoms with Crippen LogP contribution in [0, 0.1) is 6.92 Å². The molecule has 33 heavy (non-hydrogen) atoms.